The zero-order valence-electron chi connectivity index (χ0n) is 20.1. The van der Waals surface area contributed by atoms with Gasteiger partial charge in [0.15, 0.2) is 6.10 Å². The Morgan fingerprint density at radius 1 is 1.00 bits per heavy atom. The summed E-state index contributed by atoms with van der Waals surface area (Å²) in [5, 5.41) is 9.46. The number of fused-ring (bicyclic) bond motifs is 3. The standard InChI is InChI=1S/C25H41ClO5/c1-16(28)31-17(14-27)15-30-21(29)20-24(5)12-8-18-22(2,3)10-7-11-23(18,4)19(24)9-13-25(20,6)26/h17-20,27H,7-15H2,1-6H3/t17-,18?,19?,20+,23+,24-,25-/m0/s1. The minimum atomic E-state index is -0.845. The summed E-state index contributed by atoms with van der Waals surface area (Å²) in [7, 11) is 0. The van der Waals surface area contributed by atoms with Crippen LogP contribution in [0.1, 0.15) is 86.5 Å². The smallest absolute Gasteiger partial charge is 0.311 e. The zero-order chi connectivity index (χ0) is 23.2. The predicted molar refractivity (Wildman–Crippen MR) is 121 cm³/mol. The van der Waals surface area contributed by atoms with Gasteiger partial charge in [0.25, 0.3) is 0 Å². The van der Waals surface area contributed by atoms with Crippen molar-refractivity contribution in [2.24, 2.45) is 34.0 Å². The highest BCUT2D eigenvalue weighted by Gasteiger charge is 2.65. The Morgan fingerprint density at radius 2 is 1.65 bits per heavy atom. The minimum absolute atomic E-state index is 0.147. The Labute approximate surface area is 192 Å². The first kappa shape index (κ1) is 24.8. The third-order valence-corrected chi connectivity index (χ3v) is 9.61. The number of rotatable bonds is 5. The van der Waals surface area contributed by atoms with Crippen molar-refractivity contribution in [1.29, 1.82) is 0 Å². The first-order valence-electron chi connectivity index (χ1n) is 11.9. The van der Waals surface area contributed by atoms with Gasteiger partial charge in [0.2, 0.25) is 0 Å². The third-order valence-electron chi connectivity index (χ3n) is 9.21. The van der Waals surface area contributed by atoms with Crippen LogP contribution in [0.15, 0.2) is 0 Å². The van der Waals surface area contributed by atoms with Gasteiger partial charge in [-0.05, 0) is 73.5 Å². The molecule has 6 heteroatoms. The molecule has 7 atom stereocenters. The van der Waals surface area contributed by atoms with Gasteiger partial charge < -0.3 is 14.6 Å². The van der Waals surface area contributed by atoms with E-state index in [-0.39, 0.29) is 30.0 Å². The lowest BCUT2D eigenvalue weighted by Gasteiger charge is -2.66. The second kappa shape index (κ2) is 8.52. The van der Waals surface area contributed by atoms with Crippen LogP contribution in [0, 0.1) is 34.0 Å². The Balaban J connectivity index is 1.86. The van der Waals surface area contributed by atoms with Crippen molar-refractivity contribution < 1.29 is 24.2 Å². The van der Waals surface area contributed by atoms with E-state index in [0.29, 0.717) is 17.3 Å². The van der Waals surface area contributed by atoms with Crippen molar-refractivity contribution >= 4 is 23.5 Å². The van der Waals surface area contributed by atoms with Crippen LogP contribution in [0.4, 0.5) is 0 Å². The van der Waals surface area contributed by atoms with Gasteiger partial charge in [0.1, 0.15) is 6.61 Å². The molecular weight excluding hydrogens is 416 g/mol. The summed E-state index contributed by atoms with van der Waals surface area (Å²) in [5.41, 5.74) is 0.289. The molecule has 3 saturated carbocycles. The summed E-state index contributed by atoms with van der Waals surface area (Å²) >= 11 is 7.02. The van der Waals surface area contributed by atoms with Gasteiger partial charge in [-0.3, -0.25) is 9.59 Å². The van der Waals surface area contributed by atoms with Crippen molar-refractivity contribution in [2.75, 3.05) is 13.2 Å². The second-order valence-corrected chi connectivity index (χ2v) is 12.7. The third kappa shape index (κ3) is 4.38. The number of halogens is 1. The molecule has 0 heterocycles. The second-order valence-electron chi connectivity index (χ2n) is 11.8. The lowest BCUT2D eigenvalue weighted by molar-refractivity contribution is -0.192. The van der Waals surface area contributed by atoms with Crippen LogP contribution < -0.4 is 0 Å². The highest BCUT2D eigenvalue weighted by Crippen LogP contribution is 2.70. The van der Waals surface area contributed by atoms with Crippen molar-refractivity contribution in [3.8, 4) is 0 Å². The molecule has 0 saturated heterocycles. The van der Waals surface area contributed by atoms with E-state index < -0.39 is 22.9 Å². The Morgan fingerprint density at radius 3 is 2.26 bits per heavy atom. The molecule has 0 bridgehead atoms. The minimum Gasteiger partial charge on any atom is -0.461 e. The molecule has 0 aromatic heterocycles. The fraction of sp³-hybridized carbons (Fsp3) is 0.920. The first-order valence-corrected chi connectivity index (χ1v) is 12.3. The fourth-order valence-electron chi connectivity index (χ4n) is 8.08. The van der Waals surface area contributed by atoms with Gasteiger partial charge in [0, 0.05) is 6.92 Å². The van der Waals surface area contributed by atoms with Gasteiger partial charge in [-0.15, -0.1) is 11.6 Å². The van der Waals surface area contributed by atoms with E-state index >= 15 is 0 Å². The molecule has 0 aromatic carbocycles. The van der Waals surface area contributed by atoms with Crippen LogP contribution in [0.5, 0.6) is 0 Å². The van der Waals surface area contributed by atoms with E-state index in [2.05, 4.69) is 27.7 Å². The van der Waals surface area contributed by atoms with Crippen LogP contribution in [0.25, 0.3) is 0 Å². The van der Waals surface area contributed by atoms with Crippen molar-refractivity contribution in [3.05, 3.63) is 0 Å². The average Bonchev–Trinajstić information content (AvgIpc) is 2.62. The average molecular weight is 457 g/mol. The van der Waals surface area contributed by atoms with E-state index in [1.165, 1.54) is 26.2 Å². The summed E-state index contributed by atoms with van der Waals surface area (Å²) in [6.45, 7) is 12.3. The lowest BCUT2D eigenvalue weighted by atomic mass is 9.38. The number of aliphatic hydroxyl groups is 1. The molecule has 0 spiro atoms. The molecule has 178 valence electrons. The first-order chi connectivity index (χ1) is 14.3. The molecule has 2 unspecified atom stereocenters. The Kier molecular flexibility index (Phi) is 6.82. The van der Waals surface area contributed by atoms with E-state index in [1.54, 1.807) is 0 Å². The predicted octanol–water partition coefficient (Wildman–Crippen LogP) is 5.11. The number of hydrogen-bond acceptors (Lipinski definition) is 5. The van der Waals surface area contributed by atoms with Crippen LogP contribution in [-0.4, -0.2) is 41.2 Å². The topological polar surface area (TPSA) is 72.8 Å². The molecule has 3 fully saturated rings. The van der Waals surface area contributed by atoms with Crippen LogP contribution in [-0.2, 0) is 19.1 Å². The number of carbonyl (C=O) groups excluding carboxylic acids is 2. The summed E-state index contributed by atoms with van der Waals surface area (Å²) in [6.07, 6.45) is 6.77. The van der Waals surface area contributed by atoms with E-state index in [0.717, 1.165) is 25.7 Å². The summed E-state index contributed by atoms with van der Waals surface area (Å²) < 4.78 is 10.7. The Bertz CT molecular complexity index is 704. The summed E-state index contributed by atoms with van der Waals surface area (Å²) in [4.78, 5) is 24.0. The molecule has 5 nitrogen and oxygen atoms in total. The number of ether oxygens (including phenoxy) is 2. The van der Waals surface area contributed by atoms with E-state index in [1.807, 2.05) is 6.92 Å². The van der Waals surface area contributed by atoms with Gasteiger partial charge in [-0.25, -0.2) is 0 Å². The molecule has 0 aromatic rings. The lowest BCUT2D eigenvalue weighted by Crippen LogP contribution is -2.63. The molecule has 3 aliphatic carbocycles. The summed E-state index contributed by atoms with van der Waals surface area (Å²) in [6, 6.07) is 0. The number of esters is 2. The molecule has 3 aliphatic rings. The highest BCUT2D eigenvalue weighted by molar-refractivity contribution is 6.25. The number of carbonyl (C=O) groups is 2. The highest BCUT2D eigenvalue weighted by atomic mass is 35.5. The van der Waals surface area contributed by atoms with Crippen molar-refractivity contribution in [2.45, 2.75) is 97.5 Å². The van der Waals surface area contributed by atoms with Crippen LogP contribution in [0.2, 0.25) is 0 Å². The molecular formula is C25H41ClO5. The van der Waals surface area contributed by atoms with Gasteiger partial charge in [0.05, 0.1) is 17.4 Å². The Hall–Kier alpha value is -0.810. The van der Waals surface area contributed by atoms with Crippen LogP contribution in [0.3, 0.4) is 0 Å². The van der Waals surface area contributed by atoms with Crippen LogP contribution >= 0.6 is 11.6 Å². The molecule has 0 aliphatic heterocycles. The van der Waals surface area contributed by atoms with Gasteiger partial charge >= 0.3 is 11.9 Å². The normalized spacial score (nSPS) is 42.6. The van der Waals surface area contributed by atoms with Gasteiger partial charge in [-0.2, -0.15) is 0 Å². The summed E-state index contributed by atoms with van der Waals surface area (Å²) in [5.74, 6) is -0.184. The van der Waals surface area contributed by atoms with Crippen molar-refractivity contribution in [3.63, 3.8) is 0 Å². The van der Waals surface area contributed by atoms with Crippen molar-refractivity contribution in [1.82, 2.24) is 0 Å². The van der Waals surface area contributed by atoms with Gasteiger partial charge in [-0.1, -0.05) is 34.1 Å². The molecule has 0 radical (unpaired) electrons. The maximum atomic E-state index is 13.4. The monoisotopic (exact) mass is 456 g/mol. The van der Waals surface area contributed by atoms with E-state index in [4.69, 9.17) is 21.1 Å². The number of hydrogen-bond donors (Lipinski definition) is 1. The SMILES string of the molecule is CC(=O)O[C@@H](CO)COC(=O)[C@H]1[C@@](C)(Cl)CCC2[C@]3(C)CCCC(C)(C)C3CC[C@@]21C. The molecule has 3 rings (SSSR count). The fourth-order valence-corrected chi connectivity index (χ4v) is 8.53. The van der Waals surface area contributed by atoms with E-state index in [9.17, 15) is 14.7 Å². The largest absolute Gasteiger partial charge is 0.461 e. The molecule has 31 heavy (non-hydrogen) atoms. The molecule has 1 N–H and O–H groups in total. The maximum absolute atomic E-state index is 13.4. The molecule has 0 amide bonds. The maximum Gasteiger partial charge on any atom is 0.311 e. The zero-order valence-corrected chi connectivity index (χ0v) is 20.9. The quantitative estimate of drug-likeness (QED) is 0.459. The number of alkyl halides is 1. The number of aliphatic hydroxyl groups excluding tert-OH is 1.